The molecule has 6 nitrogen and oxygen atoms in total. The molecule has 0 saturated carbocycles. The number of amides is 1. The fourth-order valence-electron chi connectivity index (χ4n) is 4.23. The Balaban J connectivity index is 1.43. The largest absolute Gasteiger partial charge is 0.416 e. The van der Waals surface area contributed by atoms with Gasteiger partial charge in [0.05, 0.1) is 10.6 Å². The average molecular weight is 522 g/mol. The second-order valence-corrected chi connectivity index (χ2v) is 10.8. The minimum absolute atomic E-state index is 0.128. The normalized spacial score (nSPS) is 22.2. The van der Waals surface area contributed by atoms with Gasteiger partial charge in [-0.05, 0) is 48.9 Å². The number of benzene rings is 2. The lowest BCUT2D eigenvalue weighted by Crippen LogP contribution is -2.52. The Bertz CT molecular complexity index is 1160. The van der Waals surface area contributed by atoms with E-state index in [-0.39, 0.29) is 36.0 Å². The first-order valence-electron chi connectivity index (χ1n) is 10.1. The minimum atomic E-state index is -4.62. The molecular weight excluding hydrogens is 502 g/mol. The molecule has 0 bridgehead atoms. The zero-order valence-corrected chi connectivity index (χ0v) is 19.5. The molecule has 2 aliphatic rings. The Morgan fingerprint density at radius 2 is 1.73 bits per heavy atom. The van der Waals surface area contributed by atoms with Crippen LogP contribution in [0, 0.1) is 0 Å². The number of alkyl halides is 3. The number of nitrogens with zero attached hydrogens (tertiary/aromatic N) is 2. The van der Waals surface area contributed by atoms with Crippen LogP contribution in [0.3, 0.4) is 0 Å². The molecule has 2 fully saturated rings. The van der Waals surface area contributed by atoms with E-state index < -0.39 is 26.8 Å². The van der Waals surface area contributed by atoms with Gasteiger partial charge in [-0.1, -0.05) is 23.2 Å². The van der Waals surface area contributed by atoms with Gasteiger partial charge in [-0.15, -0.1) is 0 Å². The molecule has 33 heavy (non-hydrogen) atoms. The maximum Gasteiger partial charge on any atom is 0.416 e. The molecule has 2 heterocycles. The Hall–Kier alpha value is -1.85. The number of halogens is 5. The second kappa shape index (κ2) is 9.07. The predicted molar refractivity (Wildman–Crippen MR) is 118 cm³/mol. The molecule has 2 aromatic carbocycles. The van der Waals surface area contributed by atoms with Crippen molar-refractivity contribution in [3.63, 3.8) is 0 Å². The van der Waals surface area contributed by atoms with Gasteiger partial charge in [-0.3, -0.25) is 9.69 Å². The summed E-state index contributed by atoms with van der Waals surface area (Å²) < 4.78 is 66.1. The van der Waals surface area contributed by atoms with Crippen LogP contribution in [0.2, 0.25) is 10.0 Å². The number of sulfonamides is 1. The van der Waals surface area contributed by atoms with Crippen molar-refractivity contribution in [2.75, 3.05) is 26.2 Å². The number of piperazine rings is 1. The van der Waals surface area contributed by atoms with Crippen LogP contribution in [0.1, 0.15) is 22.3 Å². The molecule has 2 saturated heterocycles. The van der Waals surface area contributed by atoms with Gasteiger partial charge in [0.25, 0.3) is 5.91 Å². The first-order chi connectivity index (χ1) is 15.4. The van der Waals surface area contributed by atoms with Crippen LogP contribution < -0.4 is 5.32 Å². The van der Waals surface area contributed by atoms with Gasteiger partial charge in [-0.25, -0.2) is 8.42 Å². The van der Waals surface area contributed by atoms with Crippen LogP contribution in [-0.4, -0.2) is 61.8 Å². The van der Waals surface area contributed by atoms with Crippen molar-refractivity contribution in [1.82, 2.24) is 14.5 Å². The zero-order chi connectivity index (χ0) is 24.0. The Morgan fingerprint density at radius 1 is 1.03 bits per heavy atom. The third kappa shape index (κ3) is 5.14. The van der Waals surface area contributed by atoms with Crippen molar-refractivity contribution in [1.29, 1.82) is 0 Å². The standard InChI is InChI=1S/C21H20Cl2F3N3O3S/c22-15-4-1-13(2-5-15)20(30)27-16-10-17-12-29(8-7-28(17)11-16)33(31,32)19-6-3-14(9-18(19)23)21(24,25)26/h1-6,9,16-17H,7-8,10-12H2,(H,27,30)/t16-,17-/m0/s1. The summed E-state index contributed by atoms with van der Waals surface area (Å²) in [4.78, 5) is 14.2. The smallest absolute Gasteiger partial charge is 0.348 e. The number of rotatable bonds is 4. The quantitative estimate of drug-likeness (QED) is 0.662. The van der Waals surface area contributed by atoms with E-state index in [1.807, 2.05) is 0 Å². The predicted octanol–water partition coefficient (Wildman–Crippen LogP) is 3.89. The van der Waals surface area contributed by atoms with Gasteiger partial charge in [0.15, 0.2) is 0 Å². The molecule has 0 unspecified atom stereocenters. The first-order valence-corrected chi connectivity index (χ1v) is 12.3. The molecule has 0 radical (unpaired) electrons. The lowest BCUT2D eigenvalue weighted by Gasteiger charge is -2.36. The SMILES string of the molecule is O=C(N[C@H]1C[C@H]2CN(S(=O)(=O)c3ccc(C(F)(F)F)cc3Cl)CCN2C1)c1ccc(Cl)cc1. The summed E-state index contributed by atoms with van der Waals surface area (Å²) in [6.45, 7) is 1.36. The van der Waals surface area contributed by atoms with Crippen molar-refractivity contribution < 1.29 is 26.4 Å². The van der Waals surface area contributed by atoms with Gasteiger partial charge in [-0.2, -0.15) is 17.5 Å². The van der Waals surface area contributed by atoms with Crippen molar-refractivity contribution in [2.24, 2.45) is 0 Å². The first kappa shape index (κ1) is 24.3. The van der Waals surface area contributed by atoms with Crippen LogP contribution >= 0.6 is 23.2 Å². The number of carbonyl (C=O) groups is 1. The third-order valence-electron chi connectivity index (χ3n) is 5.90. The van der Waals surface area contributed by atoms with Crippen LogP contribution in [0.25, 0.3) is 0 Å². The van der Waals surface area contributed by atoms with Crippen LogP contribution in [0.4, 0.5) is 13.2 Å². The molecule has 2 atom stereocenters. The number of hydrogen-bond donors (Lipinski definition) is 1. The van der Waals surface area contributed by atoms with E-state index in [9.17, 15) is 26.4 Å². The van der Waals surface area contributed by atoms with E-state index in [1.165, 1.54) is 4.31 Å². The summed E-state index contributed by atoms with van der Waals surface area (Å²) in [5.74, 6) is -0.238. The highest BCUT2D eigenvalue weighted by Crippen LogP contribution is 2.35. The summed E-state index contributed by atoms with van der Waals surface area (Å²) in [5, 5.41) is 3.03. The van der Waals surface area contributed by atoms with Crippen LogP contribution in [0.15, 0.2) is 47.4 Å². The topological polar surface area (TPSA) is 69.7 Å². The van der Waals surface area contributed by atoms with Crippen LogP contribution in [0.5, 0.6) is 0 Å². The maximum atomic E-state index is 13.1. The molecule has 2 aliphatic heterocycles. The summed E-state index contributed by atoms with van der Waals surface area (Å²) in [7, 11) is -4.07. The van der Waals surface area contributed by atoms with E-state index in [1.54, 1.807) is 24.3 Å². The second-order valence-electron chi connectivity index (χ2n) is 8.07. The number of hydrogen-bond acceptors (Lipinski definition) is 4. The number of nitrogens with one attached hydrogen (secondary N) is 1. The monoisotopic (exact) mass is 521 g/mol. The Labute approximate surface area is 199 Å². The van der Waals surface area contributed by atoms with Gasteiger partial charge >= 0.3 is 6.18 Å². The molecule has 1 N–H and O–H groups in total. The van der Waals surface area contributed by atoms with Gasteiger partial charge in [0, 0.05) is 48.8 Å². The lowest BCUT2D eigenvalue weighted by molar-refractivity contribution is -0.137. The molecule has 4 rings (SSSR count). The Morgan fingerprint density at radius 3 is 2.36 bits per heavy atom. The summed E-state index contributed by atoms with van der Waals surface area (Å²) in [6.07, 6.45) is -4.07. The maximum absolute atomic E-state index is 13.1. The number of carbonyl (C=O) groups excluding carboxylic acids is 1. The molecule has 0 aromatic heterocycles. The molecule has 1 amide bonds. The molecule has 2 aromatic rings. The van der Waals surface area contributed by atoms with E-state index in [4.69, 9.17) is 23.2 Å². The van der Waals surface area contributed by atoms with E-state index >= 15 is 0 Å². The summed E-state index contributed by atoms with van der Waals surface area (Å²) in [5.41, 5.74) is -0.531. The average Bonchev–Trinajstić information content (AvgIpc) is 3.14. The van der Waals surface area contributed by atoms with Gasteiger partial charge < -0.3 is 5.32 Å². The van der Waals surface area contributed by atoms with Crippen molar-refractivity contribution in [2.45, 2.75) is 29.6 Å². The third-order valence-corrected chi connectivity index (χ3v) is 8.50. The van der Waals surface area contributed by atoms with Gasteiger partial charge in [0.1, 0.15) is 4.90 Å². The zero-order valence-electron chi connectivity index (χ0n) is 17.1. The van der Waals surface area contributed by atoms with Crippen LogP contribution in [-0.2, 0) is 16.2 Å². The van der Waals surface area contributed by atoms with E-state index in [0.29, 0.717) is 42.2 Å². The minimum Gasteiger partial charge on any atom is -0.348 e. The molecule has 12 heteroatoms. The molecular formula is C21H20Cl2F3N3O3S. The van der Waals surface area contributed by atoms with Crippen molar-refractivity contribution in [3.8, 4) is 0 Å². The lowest BCUT2D eigenvalue weighted by atomic mass is 10.1. The van der Waals surface area contributed by atoms with Crippen molar-refractivity contribution in [3.05, 3.63) is 63.6 Å². The summed E-state index contributed by atoms with van der Waals surface area (Å²) >= 11 is 11.8. The van der Waals surface area contributed by atoms with Gasteiger partial charge in [0.2, 0.25) is 10.0 Å². The molecule has 178 valence electrons. The highest BCUT2D eigenvalue weighted by atomic mass is 35.5. The van der Waals surface area contributed by atoms with Crippen molar-refractivity contribution >= 4 is 39.1 Å². The summed E-state index contributed by atoms with van der Waals surface area (Å²) in [6, 6.07) is 8.47. The molecule has 0 aliphatic carbocycles. The van der Waals surface area contributed by atoms with E-state index in [0.717, 1.165) is 6.07 Å². The molecule has 0 spiro atoms. The fraction of sp³-hybridized carbons (Fsp3) is 0.381. The highest BCUT2D eigenvalue weighted by Gasteiger charge is 2.41. The fourth-order valence-corrected chi connectivity index (χ4v) is 6.35. The highest BCUT2D eigenvalue weighted by molar-refractivity contribution is 7.89. The number of fused-ring (bicyclic) bond motifs is 1. The Kier molecular flexibility index (Phi) is 6.67. The van der Waals surface area contributed by atoms with E-state index in [2.05, 4.69) is 10.2 Å².